The van der Waals surface area contributed by atoms with Crippen LogP contribution in [0, 0.1) is 6.92 Å². The number of fused-ring (bicyclic) bond motifs is 1. The molecule has 0 saturated carbocycles. The van der Waals surface area contributed by atoms with Crippen molar-refractivity contribution in [2.24, 2.45) is 0 Å². The molecule has 0 radical (unpaired) electrons. The number of aromatic nitrogens is 1. The Bertz CT molecular complexity index is 1340. The molecule has 0 aliphatic carbocycles. The van der Waals surface area contributed by atoms with Crippen molar-refractivity contribution in [3.63, 3.8) is 0 Å². The predicted molar refractivity (Wildman–Crippen MR) is 123 cm³/mol. The van der Waals surface area contributed by atoms with Gasteiger partial charge in [-0.25, -0.2) is 18.1 Å². The van der Waals surface area contributed by atoms with Crippen molar-refractivity contribution < 1.29 is 36.2 Å². The summed E-state index contributed by atoms with van der Waals surface area (Å²) in [5, 5.41) is 12.9. The number of nitrogens with zero attached hydrogens (tertiary/aromatic N) is 1. The van der Waals surface area contributed by atoms with Gasteiger partial charge in [-0.15, -0.1) is 0 Å². The van der Waals surface area contributed by atoms with E-state index in [9.17, 15) is 31.5 Å². The number of carbonyl (C=O) groups excluding carboxylic acids is 1. The average Bonchev–Trinajstić information content (AvgIpc) is 3.11. The molecule has 34 heavy (non-hydrogen) atoms. The molecule has 2 aromatic carbocycles. The Hall–Kier alpha value is -2.45. The summed E-state index contributed by atoms with van der Waals surface area (Å²) in [7, 11) is -3.43. The van der Waals surface area contributed by atoms with E-state index in [0.29, 0.717) is 5.56 Å². The van der Waals surface area contributed by atoms with Gasteiger partial charge in [0.15, 0.2) is 5.13 Å². The van der Waals surface area contributed by atoms with E-state index in [1.807, 2.05) is 0 Å². The lowest BCUT2D eigenvalue weighted by atomic mass is 10.1. The van der Waals surface area contributed by atoms with Crippen LogP contribution < -0.4 is 10.0 Å². The van der Waals surface area contributed by atoms with Gasteiger partial charge in [-0.05, 0) is 36.8 Å². The van der Waals surface area contributed by atoms with Crippen molar-refractivity contribution in [3.05, 3.63) is 51.5 Å². The second-order valence-electron chi connectivity index (χ2n) is 7.29. The van der Waals surface area contributed by atoms with Gasteiger partial charge < -0.3 is 9.84 Å². The van der Waals surface area contributed by atoms with Crippen LogP contribution in [-0.4, -0.2) is 43.8 Å². The number of phenolic OH excluding ortho intramolecular Hbond substituents is 1. The number of aryl methyl sites for hydroxylation is 1. The maximum absolute atomic E-state index is 13.4. The Morgan fingerprint density at radius 3 is 2.62 bits per heavy atom. The van der Waals surface area contributed by atoms with Gasteiger partial charge in [0.1, 0.15) is 5.75 Å². The van der Waals surface area contributed by atoms with E-state index in [1.54, 1.807) is 6.92 Å². The molecule has 1 aromatic heterocycles. The Kier molecular flexibility index (Phi) is 7.72. The van der Waals surface area contributed by atoms with E-state index < -0.39 is 27.7 Å². The summed E-state index contributed by atoms with van der Waals surface area (Å²) in [4.78, 5) is 16.9. The molecule has 0 saturated heterocycles. The fourth-order valence-electron chi connectivity index (χ4n) is 2.98. The average molecular weight is 538 g/mol. The number of halogens is 4. The number of phenols is 1. The molecule has 3 rings (SSSR count). The number of nitrogens with one attached hydrogen (secondary N) is 2. The summed E-state index contributed by atoms with van der Waals surface area (Å²) >= 11 is 6.77. The maximum Gasteiger partial charge on any atom is 0.416 e. The van der Waals surface area contributed by atoms with E-state index >= 15 is 0 Å². The van der Waals surface area contributed by atoms with Crippen LogP contribution in [0.25, 0.3) is 10.2 Å². The molecule has 184 valence electrons. The maximum atomic E-state index is 13.4. The van der Waals surface area contributed by atoms with Crippen LogP contribution in [0.5, 0.6) is 5.75 Å². The Morgan fingerprint density at radius 1 is 1.26 bits per heavy atom. The topological polar surface area (TPSA) is 118 Å². The zero-order chi connectivity index (χ0) is 25.3. The lowest BCUT2D eigenvalue weighted by molar-refractivity contribution is -0.137. The third kappa shape index (κ3) is 6.57. The van der Waals surface area contributed by atoms with Gasteiger partial charge in [0.05, 0.1) is 40.8 Å². The molecule has 8 nitrogen and oxygen atoms in total. The van der Waals surface area contributed by atoms with Crippen molar-refractivity contribution in [2.75, 3.05) is 24.7 Å². The molecule has 0 aliphatic heterocycles. The molecule has 0 spiro atoms. The number of alkyl halides is 3. The van der Waals surface area contributed by atoms with Gasteiger partial charge >= 0.3 is 6.18 Å². The van der Waals surface area contributed by atoms with Crippen LogP contribution >= 0.6 is 22.9 Å². The van der Waals surface area contributed by atoms with Gasteiger partial charge in [0.25, 0.3) is 5.91 Å². The molecule has 0 bridgehead atoms. The van der Waals surface area contributed by atoms with E-state index in [0.717, 1.165) is 29.7 Å². The normalized spacial score (nSPS) is 12.3. The highest BCUT2D eigenvalue weighted by atomic mass is 35.5. The third-order valence-corrected chi connectivity index (χ3v) is 6.36. The number of thiazole rings is 1. The molecule has 1 amide bonds. The third-order valence-electron chi connectivity index (χ3n) is 4.50. The molecule has 3 N–H and O–H groups in total. The Balaban J connectivity index is 1.87. The minimum Gasteiger partial charge on any atom is -0.507 e. The molecule has 14 heteroatoms. The van der Waals surface area contributed by atoms with Crippen molar-refractivity contribution >= 4 is 54.2 Å². The second kappa shape index (κ2) is 10.0. The number of anilines is 1. The molecule has 3 aromatic rings. The minimum absolute atomic E-state index is 0.0105. The second-order valence-corrected chi connectivity index (χ2v) is 10.6. The lowest BCUT2D eigenvalue weighted by Crippen LogP contribution is -2.25. The van der Waals surface area contributed by atoms with Crippen LogP contribution in [0.3, 0.4) is 0 Å². The van der Waals surface area contributed by atoms with Crippen molar-refractivity contribution in [1.29, 1.82) is 0 Å². The zero-order valence-corrected chi connectivity index (χ0v) is 20.2. The first-order chi connectivity index (χ1) is 15.7. The number of benzene rings is 2. The first kappa shape index (κ1) is 26.2. The summed E-state index contributed by atoms with van der Waals surface area (Å²) in [6.45, 7) is 1.16. The quantitative estimate of drug-likeness (QED) is 0.369. The van der Waals surface area contributed by atoms with Gasteiger partial charge in [0.2, 0.25) is 10.0 Å². The smallest absolute Gasteiger partial charge is 0.416 e. The molecule has 1 heterocycles. The molecule has 0 aliphatic rings. The lowest BCUT2D eigenvalue weighted by Gasteiger charge is -2.10. The summed E-state index contributed by atoms with van der Waals surface area (Å²) < 4.78 is 70.0. The fourth-order valence-corrected chi connectivity index (χ4v) is 4.66. The first-order valence-electron chi connectivity index (χ1n) is 9.58. The van der Waals surface area contributed by atoms with E-state index in [2.05, 4.69) is 15.0 Å². The van der Waals surface area contributed by atoms with Crippen LogP contribution in [0.15, 0.2) is 24.3 Å². The van der Waals surface area contributed by atoms with Crippen molar-refractivity contribution in [1.82, 2.24) is 9.71 Å². The van der Waals surface area contributed by atoms with Gasteiger partial charge in [0, 0.05) is 17.1 Å². The van der Waals surface area contributed by atoms with E-state index in [1.165, 1.54) is 12.1 Å². The van der Waals surface area contributed by atoms with Crippen molar-refractivity contribution in [2.45, 2.75) is 19.7 Å². The number of ether oxygens (including phenoxy) is 1. The SMILES string of the molecule is Cc1cc(Cl)cc(C(=O)Nc2nc3c(COCCNS(C)(=O)=O)cc(C(F)(F)F)cc3s2)c1O. The minimum atomic E-state index is -4.63. The highest BCUT2D eigenvalue weighted by Gasteiger charge is 2.32. The summed E-state index contributed by atoms with van der Waals surface area (Å²) in [6.07, 6.45) is -3.66. The van der Waals surface area contributed by atoms with E-state index in [-0.39, 0.29) is 57.0 Å². The van der Waals surface area contributed by atoms with Gasteiger partial charge in [-0.2, -0.15) is 13.2 Å². The van der Waals surface area contributed by atoms with Crippen molar-refractivity contribution in [3.8, 4) is 5.75 Å². The molecular formula is C20H19ClF3N3O5S2. The monoisotopic (exact) mass is 537 g/mol. The largest absolute Gasteiger partial charge is 0.507 e. The molecule has 0 fully saturated rings. The number of hydrogen-bond donors (Lipinski definition) is 3. The summed E-state index contributed by atoms with van der Waals surface area (Å²) in [5.41, 5.74) is -0.348. The number of hydrogen-bond acceptors (Lipinski definition) is 7. The number of sulfonamides is 1. The molecule has 0 atom stereocenters. The van der Waals surface area contributed by atoms with Gasteiger partial charge in [-0.3, -0.25) is 10.1 Å². The highest BCUT2D eigenvalue weighted by Crippen LogP contribution is 2.37. The highest BCUT2D eigenvalue weighted by molar-refractivity contribution is 7.88. The summed E-state index contributed by atoms with van der Waals surface area (Å²) in [5.74, 6) is -1.01. The van der Waals surface area contributed by atoms with Crippen LogP contribution in [0.4, 0.5) is 18.3 Å². The number of amides is 1. The fraction of sp³-hybridized carbons (Fsp3) is 0.300. The van der Waals surface area contributed by atoms with Crippen LogP contribution in [0.2, 0.25) is 5.02 Å². The predicted octanol–water partition coefficient (Wildman–Crippen LogP) is 4.30. The van der Waals surface area contributed by atoms with E-state index in [4.69, 9.17) is 16.3 Å². The standard InChI is InChI=1S/C20H19ClF3N3O5S2/c1-10-5-13(21)8-14(17(10)28)18(29)27-19-26-16-11(9-32-4-3-25-34(2,30)31)6-12(20(22,23)24)7-15(16)33-19/h5-8,25,28H,3-4,9H2,1-2H3,(H,26,27,29). The molecular weight excluding hydrogens is 519 g/mol. The summed E-state index contributed by atoms with van der Waals surface area (Å²) in [6, 6.07) is 4.54. The zero-order valence-electron chi connectivity index (χ0n) is 17.8. The number of carbonyl (C=O) groups is 1. The van der Waals surface area contributed by atoms with Crippen LogP contribution in [0.1, 0.15) is 27.0 Å². The number of rotatable bonds is 8. The van der Waals surface area contributed by atoms with Crippen LogP contribution in [-0.2, 0) is 27.5 Å². The van der Waals surface area contributed by atoms with Gasteiger partial charge in [-0.1, -0.05) is 22.9 Å². The first-order valence-corrected chi connectivity index (χ1v) is 12.7. The Labute approximate surface area is 201 Å². The Morgan fingerprint density at radius 2 is 1.97 bits per heavy atom. The molecule has 0 unspecified atom stereocenters. The number of aromatic hydroxyl groups is 1.